The van der Waals surface area contributed by atoms with E-state index in [0.29, 0.717) is 25.5 Å². The lowest BCUT2D eigenvalue weighted by Crippen LogP contribution is -2.42. The predicted molar refractivity (Wildman–Crippen MR) is 131 cm³/mol. The van der Waals surface area contributed by atoms with Gasteiger partial charge >= 0.3 is 0 Å². The van der Waals surface area contributed by atoms with Crippen LogP contribution in [0.5, 0.6) is 0 Å². The summed E-state index contributed by atoms with van der Waals surface area (Å²) in [5.74, 6) is 0.121. The molecule has 11 nitrogen and oxygen atoms in total. The van der Waals surface area contributed by atoms with Gasteiger partial charge in [0.25, 0.3) is 0 Å². The van der Waals surface area contributed by atoms with Crippen molar-refractivity contribution < 1.29 is 19.2 Å². The quantitative estimate of drug-likeness (QED) is 0.193. The molecule has 3 amide bonds. The molecule has 0 aromatic rings. The molecule has 0 aromatic carbocycles. The smallest absolute Gasteiger partial charge is 0.242 e. The Morgan fingerprint density at radius 2 is 1.72 bits per heavy atom. The average Bonchev–Trinajstić information content (AvgIpc) is 3.22. The van der Waals surface area contributed by atoms with Crippen LogP contribution in [0.2, 0.25) is 0 Å². The molecule has 0 aromatic heterocycles. The molecular weight excluding hydrogens is 414 g/mol. The van der Waals surface area contributed by atoms with Gasteiger partial charge in [-0.15, -0.1) is 0 Å². The van der Waals surface area contributed by atoms with Crippen LogP contribution in [0, 0.1) is 0 Å². The highest BCUT2D eigenvalue weighted by molar-refractivity contribution is 5.84. The summed E-state index contributed by atoms with van der Waals surface area (Å²) in [5.41, 5.74) is 15.1. The highest BCUT2D eigenvalue weighted by Gasteiger charge is 2.28. The van der Waals surface area contributed by atoms with Crippen molar-refractivity contribution in [1.82, 2.24) is 15.5 Å². The van der Waals surface area contributed by atoms with Gasteiger partial charge in [0.15, 0.2) is 5.96 Å². The SMILES string of the molecule is CC.CC(=O)CNC=O.CC(C)N.CCCN=C(N)N.CCNC(=O)C1CCCN1C=O. The molecule has 1 fully saturated rings. The van der Waals surface area contributed by atoms with E-state index in [1.54, 1.807) is 4.90 Å². The first-order valence-corrected chi connectivity index (χ1v) is 11.0. The minimum atomic E-state index is -0.220. The number of likely N-dealkylation sites (N-methyl/N-ethyl adjacent to an activating group) is 1. The second-order valence-electron chi connectivity index (χ2n) is 6.65. The second-order valence-corrected chi connectivity index (χ2v) is 6.65. The van der Waals surface area contributed by atoms with E-state index < -0.39 is 0 Å². The summed E-state index contributed by atoms with van der Waals surface area (Å²) >= 11 is 0. The third-order valence-corrected chi connectivity index (χ3v) is 3.04. The molecule has 1 heterocycles. The number of nitrogens with zero attached hydrogens (tertiary/aromatic N) is 2. The zero-order valence-corrected chi connectivity index (χ0v) is 21.0. The van der Waals surface area contributed by atoms with Crippen LogP contribution in [0.15, 0.2) is 4.99 Å². The lowest BCUT2D eigenvalue weighted by atomic mass is 10.2. The van der Waals surface area contributed by atoms with E-state index >= 15 is 0 Å². The zero-order valence-electron chi connectivity index (χ0n) is 21.0. The maximum absolute atomic E-state index is 11.3. The summed E-state index contributed by atoms with van der Waals surface area (Å²) in [5, 5.41) is 4.93. The Hall–Kier alpha value is -2.69. The number of amides is 3. The number of hydrogen-bond acceptors (Lipinski definition) is 6. The number of carbonyl (C=O) groups is 4. The topological polar surface area (TPSA) is 186 Å². The lowest BCUT2D eigenvalue weighted by Gasteiger charge is -2.18. The Morgan fingerprint density at radius 1 is 1.19 bits per heavy atom. The van der Waals surface area contributed by atoms with Crippen LogP contribution < -0.4 is 27.8 Å². The summed E-state index contributed by atoms with van der Waals surface area (Å²) in [6.07, 6.45) is 3.98. The van der Waals surface area contributed by atoms with Crippen LogP contribution in [0.1, 0.15) is 67.7 Å². The minimum Gasteiger partial charge on any atom is -0.370 e. The first-order chi connectivity index (χ1) is 15.1. The molecule has 0 radical (unpaired) electrons. The van der Waals surface area contributed by atoms with E-state index in [-0.39, 0.29) is 30.2 Å². The van der Waals surface area contributed by atoms with E-state index in [4.69, 9.17) is 17.2 Å². The number of rotatable bonds is 8. The molecule has 0 saturated carbocycles. The summed E-state index contributed by atoms with van der Waals surface area (Å²) < 4.78 is 0. The predicted octanol–water partition coefficient (Wildman–Crippen LogP) is 0.114. The Morgan fingerprint density at radius 3 is 2.00 bits per heavy atom. The fraction of sp³-hybridized carbons (Fsp3) is 0.762. The second kappa shape index (κ2) is 28.3. The number of ketones is 1. The minimum absolute atomic E-state index is 0.0258. The monoisotopic (exact) mass is 461 g/mol. The number of guanidine groups is 1. The van der Waals surface area contributed by atoms with Gasteiger partial charge in [-0.1, -0.05) is 34.6 Å². The molecule has 8 N–H and O–H groups in total. The van der Waals surface area contributed by atoms with Crippen molar-refractivity contribution in [3.63, 3.8) is 0 Å². The molecule has 1 saturated heterocycles. The highest BCUT2D eigenvalue weighted by atomic mass is 16.2. The Balaban J connectivity index is -0.000000171. The number of aliphatic imine (C=N–C) groups is 1. The van der Waals surface area contributed by atoms with Gasteiger partial charge in [-0.2, -0.15) is 0 Å². The largest absolute Gasteiger partial charge is 0.370 e. The standard InChI is InChI=1S/C8H14N2O2.C4H11N3.C4H7NO2.C3H9N.C2H6/c1-2-9-8(12)7-4-3-5-10(7)6-11;1-2-3-7-4(5)6;1-4(7)2-5-3-6;1-3(2)4;1-2/h6-7H,2-5H2,1H3,(H,9,12);2-3H2,1H3,(H4,5,6,7);3H,2H2,1H3,(H,5,6);3H,4H2,1-2H3;1-2H3. The van der Waals surface area contributed by atoms with E-state index in [1.807, 2.05) is 41.5 Å². The van der Waals surface area contributed by atoms with Crippen LogP contribution in [-0.2, 0) is 19.2 Å². The number of hydrogen-bond donors (Lipinski definition) is 5. The lowest BCUT2D eigenvalue weighted by molar-refractivity contribution is -0.131. The number of nitrogens with two attached hydrogens (primary N) is 3. The van der Waals surface area contributed by atoms with Crippen molar-refractivity contribution in [2.45, 2.75) is 79.8 Å². The molecule has 1 atom stereocenters. The van der Waals surface area contributed by atoms with Crippen molar-refractivity contribution in [1.29, 1.82) is 0 Å². The van der Waals surface area contributed by atoms with E-state index in [9.17, 15) is 19.2 Å². The Labute approximate surface area is 193 Å². The fourth-order valence-corrected chi connectivity index (χ4v) is 1.92. The van der Waals surface area contributed by atoms with Gasteiger partial charge in [0.1, 0.15) is 11.8 Å². The number of carbonyl (C=O) groups excluding carboxylic acids is 4. The van der Waals surface area contributed by atoms with E-state index in [1.165, 1.54) is 6.92 Å². The fourth-order valence-electron chi connectivity index (χ4n) is 1.92. The van der Waals surface area contributed by atoms with Crippen molar-refractivity contribution in [2.24, 2.45) is 22.2 Å². The van der Waals surface area contributed by atoms with Gasteiger partial charge in [-0.3, -0.25) is 24.2 Å². The maximum atomic E-state index is 11.3. The van der Waals surface area contributed by atoms with Crippen LogP contribution in [0.3, 0.4) is 0 Å². The summed E-state index contributed by atoms with van der Waals surface area (Å²) in [7, 11) is 0. The molecular formula is C21H47N7O4. The van der Waals surface area contributed by atoms with Crippen LogP contribution in [-0.4, -0.2) is 73.6 Å². The van der Waals surface area contributed by atoms with Crippen molar-refractivity contribution in [2.75, 3.05) is 26.2 Å². The van der Waals surface area contributed by atoms with Crippen molar-refractivity contribution >= 4 is 30.5 Å². The number of nitrogens with one attached hydrogen (secondary N) is 2. The molecule has 0 aliphatic carbocycles. The maximum Gasteiger partial charge on any atom is 0.242 e. The molecule has 1 unspecified atom stereocenters. The molecule has 0 bridgehead atoms. The van der Waals surface area contributed by atoms with Gasteiger partial charge in [0.2, 0.25) is 18.7 Å². The number of likely N-dealkylation sites (tertiary alicyclic amines) is 1. The molecule has 190 valence electrons. The van der Waals surface area contributed by atoms with Gasteiger partial charge in [0, 0.05) is 19.6 Å². The molecule has 32 heavy (non-hydrogen) atoms. The average molecular weight is 462 g/mol. The molecule has 0 spiro atoms. The van der Waals surface area contributed by atoms with Gasteiger partial charge in [0.05, 0.1) is 6.54 Å². The highest BCUT2D eigenvalue weighted by Crippen LogP contribution is 2.14. The van der Waals surface area contributed by atoms with Crippen LogP contribution in [0.4, 0.5) is 0 Å². The number of Topliss-reactive ketones (excluding diaryl/α,β-unsaturated/α-hetero) is 1. The van der Waals surface area contributed by atoms with Gasteiger partial charge in [-0.05, 0) is 39.2 Å². The molecule has 1 aliphatic rings. The van der Waals surface area contributed by atoms with Crippen molar-refractivity contribution in [3.05, 3.63) is 0 Å². The van der Waals surface area contributed by atoms with E-state index in [2.05, 4.69) is 15.6 Å². The molecule has 1 rings (SSSR count). The van der Waals surface area contributed by atoms with Crippen LogP contribution >= 0.6 is 0 Å². The van der Waals surface area contributed by atoms with Crippen LogP contribution in [0.25, 0.3) is 0 Å². The molecule has 11 heteroatoms. The first kappa shape index (κ1) is 36.7. The van der Waals surface area contributed by atoms with Crippen molar-refractivity contribution in [3.8, 4) is 0 Å². The summed E-state index contributed by atoms with van der Waals surface area (Å²) in [6.45, 7) is 15.4. The third-order valence-electron chi connectivity index (χ3n) is 3.04. The summed E-state index contributed by atoms with van der Waals surface area (Å²) in [4.78, 5) is 46.5. The van der Waals surface area contributed by atoms with E-state index in [0.717, 1.165) is 32.2 Å². The Kier molecular flexibility index (Phi) is 32.4. The summed E-state index contributed by atoms with van der Waals surface area (Å²) in [6, 6.07) is 0.113. The third kappa shape index (κ3) is 32.0. The van der Waals surface area contributed by atoms with Gasteiger partial charge in [-0.25, -0.2) is 0 Å². The Bertz CT molecular complexity index is 494. The molecule has 1 aliphatic heterocycles. The normalized spacial score (nSPS) is 13.2. The van der Waals surface area contributed by atoms with Gasteiger partial charge < -0.3 is 32.7 Å². The zero-order chi connectivity index (χ0) is 25.9. The first-order valence-electron chi connectivity index (χ1n) is 11.0.